The highest BCUT2D eigenvalue weighted by atomic mass is 35.5. The first-order valence-corrected chi connectivity index (χ1v) is 8.87. The van der Waals surface area contributed by atoms with Crippen molar-refractivity contribution in [2.24, 2.45) is 0 Å². The van der Waals surface area contributed by atoms with Crippen molar-refractivity contribution in [3.05, 3.63) is 60.1 Å². The lowest BCUT2D eigenvalue weighted by atomic mass is 10.2. The van der Waals surface area contributed by atoms with E-state index in [2.05, 4.69) is 6.58 Å². The third kappa shape index (κ3) is 3.66. The van der Waals surface area contributed by atoms with E-state index in [1.165, 1.54) is 48.9 Å². The van der Waals surface area contributed by atoms with E-state index < -0.39 is 10.0 Å². The largest absolute Gasteiger partial charge is 0.497 e. The highest BCUT2D eigenvalue weighted by Gasteiger charge is 2.27. The molecule has 0 N–H and O–H groups in total. The molecule has 0 saturated heterocycles. The van der Waals surface area contributed by atoms with Gasteiger partial charge in [0.25, 0.3) is 10.0 Å². The van der Waals surface area contributed by atoms with Crippen molar-refractivity contribution in [2.45, 2.75) is 4.90 Å². The summed E-state index contributed by atoms with van der Waals surface area (Å²) in [7, 11) is -0.833. The van der Waals surface area contributed by atoms with Crippen LogP contribution in [0.3, 0.4) is 0 Å². The summed E-state index contributed by atoms with van der Waals surface area (Å²) in [5, 5.41) is 0.461. The van der Waals surface area contributed by atoms with Gasteiger partial charge in [-0.15, -0.1) is 6.58 Å². The molecule has 0 fully saturated rings. The van der Waals surface area contributed by atoms with Gasteiger partial charge in [-0.05, 0) is 36.4 Å². The third-order valence-corrected chi connectivity index (χ3v) is 5.40. The molecule has 0 saturated carbocycles. The molecule has 0 aliphatic heterocycles. The molecular weight excluding hydrogens is 350 g/mol. The summed E-state index contributed by atoms with van der Waals surface area (Å²) in [5.41, 5.74) is 0.367. The molecule has 0 amide bonds. The zero-order chi connectivity index (χ0) is 17.7. The Hall–Kier alpha value is -2.18. The van der Waals surface area contributed by atoms with Crippen molar-refractivity contribution >= 4 is 27.3 Å². The fourth-order valence-electron chi connectivity index (χ4n) is 2.17. The molecule has 5 nitrogen and oxygen atoms in total. The number of rotatable bonds is 7. The molecule has 0 unspecified atom stereocenters. The normalized spacial score (nSPS) is 11.0. The predicted octanol–water partition coefficient (Wildman–Crippen LogP) is 3.74. The molecule has 0 bridgehead atoms. The molecule has 0 radical (unpaired) electrons. The monoisotopic (exact) mass is 367 g/mol. The molecule has 24 heavy (non-hydrogen) atoms. The number of halogens is 1. The highest BCUT2D eigenvalue weighted by molar-refractivity contribution is 7.92. The summed E-state index contributed by atoms with van der Waals surface area (Å²) >= 11 is 5.85. The minimum atomic E-state index is -3.82. The molecular formula is C17H18ClNO4S. The van der Waals surface area contributed by atoms with E-state index in [4.69, 9.17) is 21.1 Å². The van der Waals surface area contributed by atoms with E-state index in [9.17, 15) is 8.42 Å². The zero-order valence-corrected chi connectivity index (χ0v) is 15.0. The van der Waals surface area contributed by atoms with Gasteiger partial charge in [0.2, 0.25) is 0 Å². The number of hydrogen-bond acceptors (Lipinski definition) is 4. The number of anilines is 1. The van der Waals surface area contributed by atoms with Gasteiger partial charge >= 0.3 is 0 Å². The van der Waals surface area contributed by atoms with Crippen LogP contribution in [0.4, 0.5) is 5.69 Å². The second-order valence-electron chi connectivity index (χ2n) is 4.82. The fourth-order valence-corrected chi connectivity index (χ4v) is 3.73. The van der Waals surface area contributed by atoms with Crippen molar-refractivity contribution in [1.82, 2.24) is 0 Å². The number of ether oxygens (including phenoxy) is 2. The summed E-state index contributed by atoms with van der Waals surface area (Å²) in [6.07, 6.45) is 1.51. The van der Waals surface area contributed by atoms with Crippen LogP contribution in [-0.2, 0) is 10.0 Å². The van der Waals surface area contributed by atoms with Gasteiger partial charge in [0.15, 0.2) is 0 Å². The number of methoxy groups -OCH3 is 2. The number of benzene rings is 2. The zero-order valence-electron chi connectivity index (χ0n) is 13.4. The minimum Gasteiger partial charge on any atom is -0.497 e. The lowest BCUT2D eigenvalue weighted by Crippen LogP contribution is -2.31. The van der Waals surface area contributed by atoms with Crippen LogP contribution in [-0.4, -0.2) is 29.2 Å². The first-order valence-electron chi connectivity index (χ1n) is 7.05. The van der Waals surface area contributed by atoms with Gasteiger partial charge in [-0.2, -0.15) is 0 Å². The second-order valence-corrected chi connectivity index (χ2v) is 7.12. The number of nitrogens with zero attached hydrogens (tertiary/aromatic N) is 1. The maximum Gasteiger partial charge on any atom is 0.264 e. The Morgan fingerprint density at radius 2 is 1.79 bits per heavy atom. The van der Waals surface area contributed by atoms with Crippen LogP contribution in [0.15, 0.2) is 60.0 Å². The molecule has 0 atom stereocenters. The fraction of sp³-hybridized carbons (Fsp3) is 0.176. The Morgan fingerprint density at radius 1 is 1.12 bits per heavy atom. The van der Waals surface area contributed by atoms with Gasteiger partial charge in [0, 0.05) is 11.1 Å². The van der Waals surface area contributed by atoms with Gasteiger partial charge in [0.1, 0.15) is 11.5 Å². The van der Waals surface area contributed by atoms with Gasteiger partial charge in [-0.3, -0.25) is 4.31 Å². The van der Waals surface area contributed by atoms with Crippen molar-refractivity contribution in [3.8, 4) is 11.5 Å². The lowest BCUT2D eigenvalue weighted by Gasteiger charge is -2.25. The van der Waals surface area contributed by atoms with E-state index in [0.29, 0.717) is 22.2 Å². The van der Waals surface area contributed by atoms with Crippen molar-refractivity contribution in [3.63, 3.8) is 0 Å². The molecule has 0 aromatic heterocycles. The van der Waals surface area contributed by atoms with Gasteiger partial charge in [-0.1, -0.05) is 17.7 Å². The average Bonchev–Trinajstić information content (AvgIpc) is 2.59. The van der Waals surface area contributed by atoms with Crippen molar-refractivity contribution in [2.75, 3.05) is 25.1 Å². The Kier molecular flexibility index (Phi) is 5.75. The molecule has 2 aromatic rings. The Labute approximate surface area is 147 Å². The number of sulfonamides is 1. The first-order chi connectivity index (χ1) is 11.4. The van der Waals surface area contributed by atoms with Crippen molar-refractivity contribution < 1.29 is 17.9 Å². The van der Waals surface area contributed by atoms with Crippen LogP contribution in [0.5, 0.6) is 11.5 Å². The van der Waals surface area contributed by atoms with Gasteiger partial charge < -0.3 is 9.47 Å². The molecule has 0 aliphatic carbocycles. The maximum atomic E-state index is 13.0. The SMILES string of the molecule is C=CCN(c1cc(OC)ccc1OC)S(=O)(=O)c1ccc(Cl)cc1. The molecule has 0 spiro atoms. The standard InChI is InChI=1S/C17H18ClNO4S/c1-4-11-19(16-12-14(22-2)7-10-17(16)23-3)24(20,21)15-8-5-13(18)6-9-15/h4-10,12H,1,11H2,2-3H3. The smallest absolute Gasteiger partial charge is 0.264 e. The van der Waals surface area contributed by atoms with Crippen molar-refractivity contribution in [1.29, 1.82) is 0 Å². The molecule has 2 rings (SSSR count). The lowest BCUT2D eigenvalue weighted by molar-refractivity contribution is 0.404. The maximum absolute atomic E-state index is 13.0. The average molecular weight is 368 g/mol. The van der Waals surface area contributed by atoms with Gasteiger partial charge in [0.05, 0.1) is 31.3 Å². The summed E-state index contributed by atoms with van der Waals surface area (Å²) < 4.78 is 37.8. The van der Waals surface area contributed by atoms with E-state index >= 15 is 0 Å². The van der Waals surface area contributed by atoms with E-state index in [1.807, 2.05) is 0 Å². The third-order valence-electron chi connectivity index (χ3n) is 3.35. The minimum absolute atomic E-state index is 0.0779. The van der Waals surface area contributed by atoms with Crippen LogP contribution < -0.4 is 13.8 Å². The Balaban J connectivity index is 2.61. The van der Waals surface area contributed by atoms with E-state index in [0.717, 1.165) is 0 Å². The molecule has 2 aromatic carbocycles. The van der Waals surface area contributed by atoms with Crippen LogP contribution in [0.2, 0.25) is 5.02 Å². The predicted molar refractivity (Wildman–Crippen MR) is 95.7 cm³/mol. The summed E-state index contributed by atoms with van der Waals surface area (Å²) in [5.74, 6) is 0.932. The van der Waals surface area contributed by atoms with Crippen LogP contribution in [0, 0.1) is 0 Å². The molecule has 0 heterocycles. The summed E-state index contributed by atoms with van der Waals surface area (Å²) in [6.45, 7) is 3.72. The van der Waals surface area contributed by atoms with E-state index in [-0.39, 0.29) is 11.4 Å². The van der Waals surface area contributed by atoms with E-state index in [1.54, 1.807) is 18.2 Å². The summed E-state index contributed by atoms with van der Waals surface area (Å²) in [4.78, 5) is 0.124. The second kappa shape index (κ2) is 7.59. The van der Waals surface area contributed by atoms with Crippen LogP contribution in [0.1, 0.15) is 0 Å². The number of hydrogen-bond donors (Lipinski definition) is 0. The van der Waals surface area contributed by atoms with Crippen LogP contribution >= 0.6 is 11.6 Å². The molecule has 128 valence electrons. The van der Waals surface area contributed by atoms with Crippen LogP contribution in [0.25, 0.3) is 0 Å². The summed E-state index contributed by atoms with van der Waals surface area (Å²) in [6, 6.07) is 10.9. The topological polar surface area (TPSA) is 55.8 Å². The molecule has 7 heteroatoms. The Bertz CT molecular complexity index is 819. The quantitative estimate of drug-likeness (QED) is 0.699. The Morgan fingerprint density at radius 3 is 2.33 bits per heavy atom. The highest BCUT2D eigenvalue weighted by Crippen LogP contribution is 2.35. The van der Waals surface area contributed by atoms with Gasteiger partial charge in [-0.25, -0.2) is 8.42 Å². The molecule has 0 aliphatic rings. The first kappa shape index (κ1) is 18.2.